The fraction of sp³-hybridized carbons (Fsp3) is 0.800. The average molecular weight is 785 g/mol. The van der Waals surface area contributed by atoms with Gasteiger partial charge in [-0.2, -0.15) is 0 Å². The van der Waals surface area contributed by atoms with Crippen LogP contribution in [0.3, 0.4) is 0 Å². The topological polar surface area (TPSA) is 59.7 Å². The summed E-state index contributed by atoms with van der Waals surface area (Å²) in [7, 11) is 0.581. The smallest absolute Gasteiger partial charge is 0 e. The summed E-state index contributed by atoms with van der Waals surface area (Å²) in [6.07, 6.45) is 67.6. The Kier molecular flexibility index (Phi) is 56.2. The number of fused-ring (bicyclic) bond motifs is 36. The van der Waals surface area contributed by atoms with Gasteiger partial charge in [0.25, 0.3) is 0 Å². The third kappa shape index (κ3) is 44.1. The molecule has 0 unspecified atom stereocenters. The first kappa shape index (κ1) is 55.2. The molecule has 294 valence electrons. The molecule has 3 aliphatic heterocycles. The summed E-state index contributed by atoms with van der Waals surface area (Å²) in [6, 6.07) is 0. The Labute approximate surface area is 331 Å². The Morgan fingerprint density at radius 2 is 0.373 bits per heavy atom. The van der Waals surface area contributed by atoms with Crippen molar-refractivity contribution in [3.8, 4) is 0 Å². The van der Waals surface area contributed by atoms with Gasteiger partial charge in [-0.25, -0.2) is 0 Å². The molecule has 6 heteroatoms. The van der Waals surface area contributed by atoms with E-state index >= 15 is 0 Å². The molecule has 0 spiro atoms. The van der Waals surface area contributed by atoms with Gasteiger partial charge < -0.3 is 0 Å². The van der Waals surface area contributed by atoms with Crippen LogP contribution in [0.15, 0.2) is 36.5 Å². The van der Waals surface area contributed by atoms with E-state index in [-0.39, 0.29) is 17.1 Å². The van der Waals surface area contributed by atoms with E-state index in [0.29, 0.717) is 15.8 Å². The fourth-order valence-electron chi connectivity index (χ4n) is 7.08. The molecule has 2 bridgehead atoms. The molecule has 3 aliphatic rings. The summed E-state index contributed by atoms with van der Waals surface area (Å²) in [5, 5.41) is 0. The maximum Gasteiger partial charge on any atom is 0 e. The molecule has 0 aliphatic carbocycles. The van der Waals surface area contributed by atoms with Crippen molar-refractivity contribution in [3.05, 3.63) is 56.4 Å². The normalized spacial score (nSPS) is 25.1. The van der Waals surface area contributed by atoms with Gasteiger partial charge in [0.2, 0.25) is 0 Å². The van der Waals surface area contributed by atoms with Gasteiger partial charge in [0.15, 0.2) is 0 Å². The molecule has 0 aromatic rings. The molecule has 0 aromatic heterocycles. The standard InChI is InChI=1S/C42H78P2.3CO.Fe/c1-2-8-14-20-26-32-38-44-41-35-29-23-17-11-5-3-9-15-21-27-33-39-43(37-31-25-19-13-7-1)40-34-28-22-16-10-4-6-12-18-24-30-36-42-44;3*1-2;/h1-6H,7-42H2;;;;/b2-1-,5-3+,6-4+;;;;. The van der Waals surface area contributed by atoms with Gasteiger partial charge in [0.1, 0.15) is 0 Å². The molecule has 0 saturated heterocycles. The van der Waals surface area contributed by atoms with Crippen LogP contribution in [0.5, 0.6) is 0 Å². The fourth-order valence-corrected chi connectivity index (χ4v) is 12.5. The van der Waals surface area contributed by atoms with Crippen LogP contribution in [0, 0.1) is 20.0 Å². The molecule has 51 heavy (non-hydrogen) atoms. The van der Waals surface area contributed by atoms with Crippen molar-refractivity contribution in [1.82, 2.24) is 0 Å². The van der Waals surface area contributed by atoms with Crippen LogP contribution in [0.1, 0.15) is 193 Å². The monoisotopic (exact) mass is 784 g/mol. The second kappa shape index (κ2) is 51.9. The van der Waals surface area contributed by atoms with E-state index in [1.54, 1.807) is 37.0 Å². The van der Waals surface area contributed by atoms with Crippen LogP contribution >= 0.6 is 15.8 Å². The Hall–Kier alpha value is -0.181. The van der Waals surface area contributed by atoms with Crippen molar-refractivity contribution in [2.75, 3.05) is 37.0 Å². The van der Waals surface area contributed by atoms with E-state index in [2.05, 4.69) is 56.4 Å². The summed E-state index contributed by atoms with van der Waals surface area (Å²) in [5.41, 5.74) is 0. The van der Waals surface area contributed by atoms with Crippen LogP contribution in [0.4, 0.5) is 0 Å². The first-order valence-electron chi connectivity index (χ1n) is 21.0. The molecule has 3 nitrogen and oxygen atoms in total. The first-order valence-corrected chi connectivity index (χ1v) is 24.8. The van der Waals surface area contributed by atoms with E-state index in [1.165, 1.54) is 193 Å². The van der Waals surface area contributed by atoms with Gasteiger partial charge in [-0.1, -0.05) is 114 Å². The quantitative estimate of drug-likeness (QED) is 0.0772. The van der Waals surface area contributed by atoms with Gasteiger partial charge in [-0.3, -0.25) is 0 Å². The predicted molar refractivity (Wildman–Crippen MR) is 221 cm³/mol. The maximum atomic E-state index is 7.50. The van der Waals surface area contributed by atoms with Crippen molar-refractivity contribution in [2.24, 2.45) is 0 Å². The van der Waals surface area contributed by atoms with E-state index < -0.39 is 0 Å². The minimum absolute atomic E-state index is 0. The van der Waals surface area contributed by atoms with Crippen molar-refractivity contribution < 1.29 is 31.0 Å². The Balaban J connectivity index is -0.00000312. The minimum Gasteiger partial charge on any atom is 0 e. The van der Waals surface area contributed by atoms with Crippen molar-refractivity contribution >= 4 is 15.8 Å². The van der Waals surface area contributed by atoms with Crippen LogP contribution in [-0.4, -0.2) is 37.0 Å². The van der Waals surface area contributed by atoms with E-state index in [9.17, 15) is 0 Å². The minimum atomic E-state index is 0. The summed E-state index contributed by atoms with van der Waals surface area (Å²) < 4.78 is 22.5. The molecular weight excluding hydrogens is 706 g/mol. The Bertz CT molecular complexity index is 648. The van der Waals surface area contributed by atoms with Crippen molar-refractivity contribution in [3.63, 3.8) is 0 Å². The Morgan fingerprint density at radius 3 is 0.529 bits per heavy atom. The zero-order valence-corrected chi connectivity index (χ0v) is 35.8. The van der Waals surface area contributed by atoms with Gasteiger partial charge in [-0.15, -0.1) is 15.8 Å². The number of allylic oxidation sites excluding steroid dienone is 6. The van der Waals surface area contributed by atoms with Gasteiger partial charge in [0, 0.05) is 17.1 Å². The maximum absolute atomic E-state index is 7.50. The molecule has 0 atom stereocenters. The van der Waals surface area contributed by atoms with E-state index in [0.717, 1.165) is 0 Å². The molecule has 3 rings (SSSR count). The van der Waals surface area contributed by atoms with Crippen molar-refractivity contribution in [1.29, 1.82) is 0 Å². The summed E-state index contributed by atoms with van der Waals surface area (Å²) >= 11 is 0. The largest absolute Gasteiger partial charge is 0 e. The number of hydrogen-bond acceptors (Lipinski definition) is 0. The molecule has 3 heterocycles. The van der Waals surface area contributed by atoms with E-state index in [1.807, 2.05) is 0 Å². The zero-order chi connectivity index (χ0) is 36.9. The second-order valence-corrected chi connectivity index (χ2v) is 19.7. The molecule has 0 radical (unpaired) electrons. The summed E-state index contributed by atoms with van der Waals surface area (Å²) in [5.74, 6) is 0. The predicted octanol–water partition coefficient (Wildman–Crippen LogP) is 15.2. The molecular formula is C45H78FeO3P2. The van der Waals surface area contributed by atoms with Crippen LogP contribution < -0.4 is 0 Å². The second-order valence-electron chi connectivity index (χ2n) is 14.3. The van der Waals surface area contributed by atoms with Gasteiger partial charge in [0.05, 0.1) is 0 Å². The summed E-state index contributed by atoms with van der Waals surface area (Å²) in [4.78, 5) is 0. The number of rotatable bonds is 0. The molecule has 0 aromatic carbocycles. The number of hydrogen-bond donors (Lipinski definition) is 0. The third-order valence-electron chi connectivity index (χ3n) is 10.1. The van der Waals surface area contributed by atoms with Gasteiger partial charge in [-0.05, 0) is 153 Å². The van der Waals surface area contributed by atoms with Crippen LogP contribution in [0.2, 0.25) is 0 Å². The molecule has 0 fully saturated rings. The van der Waals surface area contributed by atoms with Gasteiger partial charge >= 0.3 is 33.9 Å². The van der Waals surface area contributed by atoms with Crippen LogP contribution in [0.25, 0.3) is 0 Å². The Morgan fingerprint density at radius 1 is 0.235 bits per heavy atom. The molecule has 0 saturated carbocycles. The molecule has 0 amide bonds. The average Bonchev–Trinajstić information content (AvgIpc) is 3.16. The van der Waals surface area contributed by atoms with Crippen molar-refractivity contribution in [2.45, 2.75) is 193 Å². The first-order chi connectivity index (χ1) is 24.9. The van der Waals surface area contributed by atoms with Crippen LogP contribution in [-0.2, 0) is 31.0 Å². The SMILES string of the molecule is C1=C\CCCCCCP2CCCCCC/C=C/CCCCCCP(CCCCCC/1)CCCCCC/C=C/CCCCCC2.[C-]#[O+].[C-]#[O+].[C-]#[O+].[Fe]. The van der Waals surface area contributed by atoms with E-state index in [4.69, 9.17) is 14.0 Å². The zero-order valence-electron chi connectivity index (χ0n) is 32.9. The third-order valence-corrected chi connectivity index (χ3v) is 15.8. The molecule has 0 N–H and O–H groups in total. The summed E-state index contributed by atoms with van der Waals surface area (Å²) in [6.45, 7) is 13.5.